The van der Waals surface area contributed by atoms with E-state index >= 15 is 0 Å². The summed E-state index contributed by atoms with van der Waals surface area (Å²) in [4.78, 5) is 25.4. The number of ether oxygens (including phenoxy) is 1. The molecule has 2 aliphatic heterocycles. The second-order valence-electron chi connectivity index (χ2n) is 6.37. The van der Waals surface area contributed by atoms with Crippen LogP contribution in [-0.2, 0) is 9.53 Å². The number of carbonyl (C=O) groups is 2. The standard InChI is InChI=1S/C13H22N2O4/c1-12(2,3)19-11(18)15-7-5-13(10(16)17)8-14-6-4-9(13)15/h9,14H,4-8H2,1-3H3,(H,16,17)/t9-,13+/m0/s1. The first-order valence-electron chi connectivity index (χ1n) is 6.70. The maximum atomic E-state index is 12.2. The van der Waals surface area contributed by atoms with Crippen LogP contribution in [0.2, 0.25) is 0 Å². The number of nitrogens with one attached hydrogen (secondary N) is 1. The molecule has 0 spiro atoms. The topological polar surface area (TPSA) is 78.9 Å². The van der Waals surface area contributed by atoms with Gasteiger partial charge in [-0.25, -0.2) is 4.79 Å². The highest BCUT2D eigenvalue weighted by atomic mass is 16.6. The Kier molecular flexibility index (Phi) is 3.47. The molecule has 0 radical (unpaired) electrons. The summed E-state index contributed by atoms with van der Waals surface area (Å²) in [7, 11) is 0. The Labute approximate surface area is 113 Å². The Morgan fingerprint density at radius 3 is 2.68 bits per heavy atom. The van der Waals surface area contributed by atoms with E-state index in [1.165, 1.54) is 0 Å². The molecule has 2 saturated heterocycles. The highest BCUT2D eigenvalue weighted by molar-refractivity contribution is 5.79. The molecule has 0 unspecified atom stereocenters. The molecule has 2 aliphatic rings. The van der Waals surface area contributed by atoms with Crippen molar-refractivity contribution in [1.82, 2.24) is 10.2 Å². The SMILES string of the molecule is CC(C)(C)OC(=O)N1CC[C@@]2(C(=O)O)CNCC[C@H]12. The highest BCUT2D eigenvalue weighted by Crippen LogP contribution is 2.41. The van der Waals surface area contributed by atoms with E-state index in [9.17, 15) is 14.7 Å². The molecular weight excluding hydrogens is 248 g/mol. The van der Waals surface area contributed by atoms with Crippen LogP contribution >= 0.6 is 0 Å². The average Bonchev–Trinajstić information content (AvgIpc) is 2.67. The highest BCUT2D eigenvalue weighted by Gasteiger charge is 2.56. The molecule has 2 N–H and O–H groups in total. The number of carboxylic acid groups (broad SMARTS) is 1. The summed E-state index contributed by atoms with van der Waals surface area (Å²) < 4.78 is 5.37. The molecule has 108 valence electrons. The zero-order valence-corrected chi connectivity index (χ0v) is 11.7. The number of fused-ring (bicyclic) bond motifs is 1. The Morgan fingerprint density at radius 1 is 1.42 bits per heavy atom. The van der Waals surface area contributed by atoms with Gasteiger partial charge in [-0.05, 0) is 40.2 Å². The third-order valence-corrected chi connectivity index (χ3v) is 3.90. The van der Waals surface area contributed by atoms with Crippen LogP contribution in [0, 0.1) is 5.41 Å². The fourth-order valence-electron chi connectivity index (χ4n) is 2.99. The van der Waals surface area contributed by atoms with Crippen molar-refractivity contribution < 1.29 is 19.4 Å². The van der Waals surface area contributed by atoms with Gasteiger partial charge in [0, 0.05) is 13.1 Å². The van der Waals surface area contributed by atoms with Crippen LogP contribution in [0.4, 0.5) is 4.79 Å². The van der Waals surface area contributed by atoms with Crippen molar-refractivity contribution in [3.63, 3.8) is 0 Å². The average molecular weight is 270 g/mol. The molecule has 0 aliphatic carbocycles. The lowest BCUT2D eigenvalue weighted by atomic mass is 9.76. The molecule has 0 saturated carbocycles. The number of hydrogen-bond donors (Lipinski definition) is 2. The lowest BCUT2D eigenvalue weighted by Gasteiger charge is -2.39. The number of hydrogen-bond acceptors (Lipinski definition) is 4. The molecular formula is C13H22N2O4. The Hall–Kier alpha value is -1.30. The number of rotatable bonds is 1. The lowest BCUT2D eigenvalue weighted by Crippen LogP contribution is -2.56. The molecule has 2 fully saturated rings. The van der Waals surface area contributed by atoms with Gasteiger partial charge in [0.15, 0.2) is 0 Å². The van der Waals surface area contributed by atoms with Gasteiger partial charge in [0.05, 0.1) is 6.04 Å². The number of aliphatic carboxylic acids is 1. The Bertz CT molecular complexity index is 391. The van der Waals surface area contributed by atoms with E-state index in [1.54, 1.807) is 4.90 Å². The number of likely N-dealkylation sites (tertiary alicyclic amines) is 1. The largest absolute Gasteiger partial charge is 0.481 e. The van der Waals surface area contributed by atoms with Gasteiger partial charge >= 0.3 is 12.1 Å². The Morgan fingerprint density at radius 2 is 2.11 bits per heavy atom. The van der Waals surface area contributed by atoms with Crippen LogP contribution in [0.25, 0.3) is 0 Å². The second-order valence-corrected chi connectivity index (χ2v) is 6.37. The monoisotopic (exact) mass is 270 g/mol. The van der Waals surface area contributed by atoms with Crippen molar-refractivity contribution in [2.24, 2.45) is 5.41 Å². The smallest absolute Gasteiger partial charge is 0.410 e. The van der Waals surface area contributed by atoms with Gasteiger partial charge in [-0.1, -0.05) is 0 Å². The minimum atomic E-state index is -0.852. The molecule has 6 heteroatoms. The molecule has 0 aromatic heterocycles. The predicted octanol–water partition coefficient (Wildman–Crippen LogP) is 1.06. The van der Waals surface area contributed by atoms with Crippen LogP contribution < -0.4 is 5.32 Å². The van der Waals surface area contributed by atoms with Crippen LogP contribution in [-0.4, -0.2) is 53.3 Å². The van der Waals surface area contributed by atoms with E-state index in [0.717, 1.165) is 6.54 Å². The van der Waals surface area contributed by atoms with Crippen LogP contribution in [0.3, 0.4) is 0 Å². The van der Waals surface area contributed by atoms with Crippen molar-refractivity contribution in [2.75, 3.05) is 19.6 Å². The summed E-state index contributed by atoms with van der Waals surface area (Å²) in [6.07, 6.45) is 0.743. The normalized spacial score (nSPS) is 30.9. The second kappa shape index (κ2) is 4.67. The van der Waals surface area contributed by atoms with Gasteiger partial charge < -0.3 is 20.1 Å². The van der Waals surface area contributed by atoms with E-state index < -0.39 is 23.1 Å². The summed E-state index contributed by atoms with van der Waals surface area (Å²) in [5.41, 5.74) is -1.41. The maximum Gasteiger partial charge on any atom is 0.410 e. The van der Waals surface area contributed by atoms with Gasteiger partial charge in [-0.3, -0.25) is 4.79 Å². The number of carboxylic acids is 1. The Balaban J connectivity index is 2.17. The maximum absolute atomic E-state index is 12.2. The zero-order chi connectivity index (χ0) is 14.3. The predicted molar refractivity (Wildman–Crippen MR) is 68.9 cm³/mol. The fraction of sp³-hybridized carbons (Fsp3) is 0.846. The summed E-state index contributed by atoms with van der Waals surface area (Å²) in [5, 5.41) is 12.6. The van der Waals surface area contributed by atoms with Crippen molar-refractivity contribution in [3.05, 3.63) is 0 Å². The summed E-state index contributed by atoms with van der Waals surface area (Å²) in [6, 6.07) is -0.263. The minimum Gasteiger partial charge on any atom is -0.481 e. The van der Waals surface area contributed by atoms with E-state index in [-0.39, 0.29) is 6.04 Å². The zero-order valence-electron chi connectivity index (χ0n) is 11.7. The van der Waals surface area contributed by atoms with Crippen molar-refractivity contribution >= 4 is 12.1 Å². The molecule has 2 atom stereocenters. The summed E-state index contributed by atoms with van der Waals surface area (Å²) in [6.45, 7) is 7.05. The summed E-state index contributed by atoms with van der Waals surface area (Å²) in [5.74, 6) is -0.823. The third-order valence-electron chi connectivity index (χ3n) is 3.90. The molecule has 6 nitrogen and oxygen atoms in total. The van der Waals surface area contributed by atoms with Crippen LogP contribution in [0.5, 0.6) is 0 Å². The first-order chi connectivity index (χ1) is 8.76. The number of nitrogens with zero attached hydrogens (tertiary/aromatic N) is 1. The van der Waals surface area contributed by atoms with E-state index in [1.807, 2.05) is 20.8 Å². The molecule has 19 heavy (non-hydrogen) atoms. The molecule has 1 amide bonds. The first kappa shape index (κ1) is 14.1. The quantitative estimate of drug-likeness (QED) is 0.745. The van der Waals surface area contributed by atoms with Gasteiger partial charge in [-0.2, -0.15) is 0 Å². The third kappa shape index (κ3) is 2.54. The lowest BCUT2D eigenvalue weighted by molar-refractivity contribution is -0.151. The van der Waals surface area contributed by atoms with E-state index in [0.29, 0.717) is 25.9 Å². The van der Waals surface area contributed by atoms with Gasteiger partial charge in [0.2, 0.25) is 0 Å². The minimum absolute atomic E-state index is 0.263. The van der Waals surface area contributed by atoms with Crippen molar-refractivity contribution in [2.45, 2.75) is 45.3 Å². The first-order valence-corrected chi connectivity index (χ1v) is 6.70. The molecule has 0 aromatic rings. The number of amides is 1. The van der Waals surface area contributed by atoms with Gasteiger partial charge in [0.1, 0.15) is 11.0 Å². The molecule has 0 bridgehead atoms. The van der Waals surface area contributed by atoms with Crippen LogP contribution in [0.15, 0.2) is 0 Å². The van der Waals surface area contributed by atoms with Crippen LogP contribution in [0.1, 0.15) is 33.6 Å². The van der Waals surface area contributed by atoms with Gasteiger partial charge in [-0.15, -0.1) is 0 Å². The van der Waals surface area contributed by atoms with Crippen molar-refractivity contribution in [1.29, 1.82) is 0 Å². The van der Waals surface area contributed by atoms with E-state index in [4.69, 9.17) is 4.74 Å². The molecule has 2 rings (SSSR count). The number of carbonyl (C=O) groups excluding carboxylic acids is 1. The molecule has 0 aromatic carbocycles. The summed E-state index contributed by atoms with van der Waals surface area (Å²) >= 11 is 0. The fourth-order valence-corrected chi connectivity index (χ4v) is 2.99. The van der Waals surface area contributed by atoms with Gasteiger partial charge in [0.25, 0.3) is 0 Å². The molecule has 2 heterocycles. The van der Waals surface area contributed by atoms with E-state index in [2.05, 4.69) is 5.32 Å². The number of piperidine rings is 1. The van der Waals surface area contributed by atoms with Crippen molar-refractivity contribution in [3.8, 4) is 0 Å².